The maximum absolute atomic E-state index is 11.9. The van der Waals surface area contributed by atoms with Crippen LogP contribution >= 0.6 is 22.6 Å². The Hall–Kier alpha value is 0.200. The molecule has 1 aliphatic rings. The molecule has 1 amide bonds. The fourth-order valence-electron chi connectivity index (χ4n) is 1.86. The zero-order valence-corrected chi connectivity index (χ0v) is 11.0. The maximum Gasteiger partial charge on any atom is 0.227 e. The van der Waals surface area contributed by atoms with Crippen molar-refractivity contribution in [3.63, 3.8) is 0 Å². The number of carbonyl (C=O) groups is 1. The summed E-state index contributed by atoms with van der Waals surface area (Å²) in [4.78, 5) is 13.9. The summed E-state index contributed by atoms with van der Waals surface area (Å²) in [5, 5.41) is 0. The minimum Gasteiger partial charge on any atom is -0.331 e. The van der Waals surface area contributed by atoms with E-state index in [1.807, 2.05) is 4.90 Å². The smallest absolute Gasteiger partial charge is 0.227 e. The van der Waals surface area contributed by atoms with Gasteiger partial charge in [0.05, 0.1) is 4.05 Å². The lowest BCUT2D eigenvalue weighted by molar-refractivity contribution is -0.133. The lowest BCUT2D eigenvalue weighted by Crippen LogP contribution is -2.35. The van der Waals surface area contributed by atoms with Gasteiger partial charge in [-0.3, -0.25) is 4.79 Å². The summed E-state index contributed by atoms with van der Waals surface area (Å²) >= 11 is 2.30. The fourth-order valence-corrected chi connectivity index (χ4v) is 2.41. The monoisotopic (exact) mass is 295 g/mol. The van der Waals surface area contributed by atoms with Gasteiger partial charge in [0.2, 0.25) is 5.91 Å². The predicted octanol–water partition coefficient (Wildman–Crippen LogP) is 2.66. The van der Waals surface area contributed by atoms with Crippen LogP contribution in [-0.2, 0) is 4.79 Å². The van der Waals surface area contributed by atoms with Crippen LogP contribution in [0.3, 0.4) is 0 Å². The summed E-state index contributed by atoms with van der Waals surface area (Å²) in [6.07, 6.45) is 1.02. The Bertz CT molecular complexity index is 207. The molecular formula is C10H18INO. The van der Waals surface area contributed by atoms with E-state index in [0.29, 0.717) is 9.96 Å². The van der Waals surface area contributed by atoms with Crippen molar-refractivity contribution < 1.29 is 4.79 Å². The first-order chi connectivity index (χ1) is 5.84. The van der Waals surface area contributed by atoms with Crippen LogP contribution in [0.25, 0.3) is 0 Å². The zero-order chi connectivity index (χ0) is 10.2. The van der Waals surface area contributed by atoms with Crippen molar-refractivity contribution in [3.05, 3.63) is 0 Å². The molecule has 0 saturated carbocycles. The first-order valence-electron chi connectivity index (χ1n) is 4.78. The first-order valence-corrected chi connectivity index (χ1v) is 6.03. The van der Waals surface area contributed by atoms with Gasteiger partial charge in [-0.1, -0.05) is 43.4 Å². The van der Waals surface area contributed by atoms with Gasteiger partial charge in [0.1, 0.15) is 0 Å². The molecular weight excluding hydrogens is 277 g/mol. The summed E-state index contributed by atoms with van der Waals surface area (Å²) in [6, 6.07) is 0. The van der Waals surface area contributed by atoms with Crippen molar-refractivity contribution in [2.75, 3.05) is 6.54 Å². The van der Waals surface area contributed by atoms with E-state index in [4.69, 9.17) is 0 Å². The van der Waals surface area contributed by atoms with Crippen molar-refractivity contribution in [3.8, 4) is 0 Å². The number of rotatable bonds is 1. The molecule has 0 radical (unpaired) electrons. The topological polar surface area (TPSA) is 20.3 Å². The largest absolute Gasteiger partial charge is 0.331 e. The Morgan fingerprint density at radius 1 is 1.54 bits per heavy atom. The van der Waals surface area contributed by atoms with Crippen molar-refractivity contribution in [1.29, 1.82) is 0 Å². The van der Waals surface area contributed by atoms with Gasteiger partial charge in [-0.2, -0.15) is 0 Å². The number of carbonyl (C=O) groups excluding carboxylic acids is 1. The van der Waals surface area contributed by atoms with E-state index in [-0.39, 0.29) is 11.3 Å². The number of likely N-dealkylation sites (tertiary alicyclic amines) is 1. The molecule has 1 heterocycles. The number of alkyl halides is 1. The van der Waals surface area contributed by atoms with Crippen molar-refractivity contribution >= 4 is 28.5 Å². The molecule has 76 valence electrons. The van der Waals surface area contributed by atoms with Crippen molar-refractivity contribution in [2.45, 2.75) is 38.2 Å². The molecule has 2 nitrogen and oxygen atoms in total. The molecule has 1 saturated heterocycles. The van der Waals surface area contributed by atoms with Crippen molar-refractivity contribution in [2.24, 2.45) is 11.3 Å². The number of halogens is 1. The third-order valence-electron chi connectivity index (χ3n) is 2.71. The van der Waals surface area contributed by atoms with E-state index < -0.39 is 0 Å². The van der Waals surface area contributed by atoms with Crippen LogP contribution in [0.15, 0.2) is 0 Å². The predicted molar refractivity (Wildman–Crippen MR) is 62.8 cm³/mol. The van der Waals surface area contributed by atoms with Gasteiger partial charge >= 0.3 is 0 Å². The lowest BCUT2D eigenvalue weighted by atomic mass is 9.80. The van der Waals surface area contributed by atoms with Gasteiger partial charge in [0.25, 0.3) is 0 Å². The normalized spacial score (nSPS) is 26.7. The second kappa shape index (κ2) is 3.75. The zero-order valence-electron chi connectivity index (χ0n) is 8.80. The van der Waals surface area contributed by atoms with E-state index in [2.05, 4.69) is 50.3 Å². The number of amides is 1. The van der Waals surface area contributed by atoms with Crippen LogP contribution in [0.5, 0.6) is 0 Å². The molecule has 0 aromatic carbocycles. The van der Waals surface area contributed by atoms with Gasteiger partial charge in [-0.25, -0.2) is 0 Å². The van der Waals surface area contributed by atoms with Crippen LogP contribution in [0.2, 0.25) is 0 Å². The highest BCUT2D eigenvalue weighted by molar-refractivity contribution is 14.1. The number of hydrogen-bond acceptors (Lipinski definition) is 1. The molecule has 2 unspecified atom stereocenters. The molecule has 0 aliphatic carbocycles. The lowest BCUT2D eigenvalue weighted by Gasteiger charge is -2.26. The van der Waals surface area contributed by atoms with Crippen LogP contribution < -0.4 is 0 Å². The highest BCUT2D eigenvalue weighted by Crippen LogP contribution is 2.35. The van der Waals surface area contributed by atoms with E-state index >= 15 is 0 Å². The van der Waals surface area contributed by atoms with Crippen LogP contribution in [0.1, 0.15) is 34.1 Å². The van der Waals surface area contributed by atoms with E-state index in [1.54, 1.807) is 0 Å². The summed E-state index contributed by atoms with van der Waals surface area (Å²) < 4.78 is 0.331. The Kier molecular flexibility index (Phi) is 3.25. The van der Waals surface area contributed by atoms with Gasteiger partial charge in [-0.05, 0) is 18.8 Å². The standard InChI is InChI=1S/C10H18INO/c1-7(11)12-6-5-8(9(12)13)10(2,3)4/h7-8H,5-6H2,1-4H3. The first kappa shape index (κ1) is 11.3. The molecule has 1 aliphatic heterocycles. The summed E-state index contributed by atoms with van der Waals surface area (Å²) in [5.74, 6) is 0.569. The molecule has 0 aromatic heterocycles. The molecule has 0 aromatic rings. The van der Waals surface area contributed by atoms with Gasteiger partial charge in [-0.15, -0.1) is 0 Å². The summed E-state index contributed by atoms with van der Waals surface area (Å²) in [6.45, 7) is 9.46. The Morgan fingerprint density at radius 3 is 2.31 bits per heavy atom. The highest BCUT2D eigenvalue weighted by atomic mass is 127. The highest BCUT2D eigenvalue weighted by Gasteiger charge is 2.40. The third kappa shape index (κ3) is 2.36. The van der Waals surface area contributed by atoms with Crippen LogP contribution in [0, 0.1) is 11.3 Å². The van der Waals surface area contributed by atoms with E-state index in [9.17, 15) is 4.79 Å². The Morgan fingerprint density at radius 2 is 2.08 bits per heavy atom. The van der Waals surface area contributed by atoms with Crippen molar-refractivity contribution in [1.82, 2.24) is 4.90 Å². The molecule has 1 fully saturated rings. The molecule has 0 spiro atoms. The van der Waals surface area contributed by atoms with E-state index in [0.717, 1.165) is 13.0 Å². The van der Waals surface area contributed by atoms with E-state index in [1.165, 1.54) is 0 Å². The SMILES string of the molecule is CC(I)N1CCC(C(C)(C)C)C1=O. The minimum atomic E-state index is 0.122. The average molecular weight is 295 g/mol. The summed E-state index contributed by atoms with van der Waals surface area (Å²) in [5.41, 5.74) is 0.122. The minimum absolute atomic E-state index is 0.122. The molecule has 2 atom stereocenters. The molecule has 0 bridgehead atoms. The van der Waals surface area contributed by atoms with Gasteiger partial charge < -0.3 is 4.90 Å². The quantitative estimate of drug-likeness (QED) is 0.414. The second-order valence-corrected chi connectivity index (χ2v) is 6.62. The Balaban J connectivity index is 2.72. The number of hydrogen-bond donors (Lipinski definition) is 0. The number of nitrogens with zero attached hydrogens (tertiary/aromatic N) is 1. The Labute approximate surface area is 94.2 Å². The maximum atomic E-state index is 11.9. The third-order valence-corrected chi connectivity index (χ3v) is 3.39. The summed E-state index contributed by atoms with van der Waals surface area (Å²) in [7, 11) is 0. The molecule has 0 N–H and O–H groups in total. The van der Waals surface area contributed by atoms with Gasteiger partial charge in [0.15, 0.2) is 0 Å². The fraction of sp³-hybridized carbons (Fsp3) is 0.900. The molecule has 13 heavy (non-hydrogen) atoms. The average Bonchev–Trinajstić information content (AvgIpc) is 2.28. The van der Waals surface area contributed by atoms with Gasteiger partial charge in [0, 0.05) is 12.5 Å². The molecule has 1 rings (SSSR count). The molecule has 3 heteroatoms. The van der Waals surface area contributed by atoms with Crippen LogP contribution in [-0.4, -0.2) is 21.4 Å². The van der Waals surface area contributed by atoms with Crippen LogP contribution in [0.4, 0.5) is 0 Å². The second-order valence-electron chi connectivity index (χ2n) is 4.81.